The van der Waals surface area contributed by atoms with E-state index in [9.17, 15) is 43.9 Å². The van der Waals surface area contributed by atoms with Gasteiger partial charge in [0.2, 0.25) is 0 Å². The molecule has 0 saturated carbocycles. The molecular formula is C20H12F10N2. The number of rotatable bonds is 2. The highest BCUT2D eigenvalue weighted by Crippen LogP contribution is 2.52. The molecule has 1 fully saturated rings. The van der Waals surface area contributed by atoms with E-state index in [0.29, 0.717) is 0 Å². The molecule has 32 heavy (non-hydrogen) atoms. The van der Waals surface area contributed by atoms with Crippen LogP contribution >= 0.6 is 0 Å². The Morgan fingerprint density at radius 2 is 1.53 bits per heavy atom. The van der Waals surface area contributed by atoms with Crippen molar-refractivity contribution >= 4 is 5.69 Å². The van der Waals surface area contributed by atoms with E-state index < -0.39 is 71.5 Å². The summed E-state index contributed by atoms with van der Waals surface area (Å²) in [5.41, 5.74) is -8.72. The molecule has 1 heterocycles. The van der Waals surface area contributed by atoms with E-state index in [-0.39, 0.29) is 23.9 Å². The molecule has 0 aromatic heterocycles. The predicted octanol–water partition coefficient (Wildman–Crippen LogP) is 6.45. The first-order valence-corrected chi connectivity index (χ1v) is 8.90. The lowest BCUT2D eigenvalue weighted by molar-refractivity contribution is -0.187. The van der Waals surface area contributed by atoms with Gasteiger partial charge in [0, 0.05) is 18.8 Å². The third-order valence-electron chi connectivity index (χ3n) is 5.42. The molecule has 1 atom stereocenters. The van der Waals surface area contributed by atoms with Crippen LogP contribution in [-0.2, 0) is 17.8 Å². The van der Waals surface area contributed by atoms with E-state index in [1.165, 1.54) is 6.07 Å². The number of anilines is 1. The Labute approximate surface area is 174 Å². The molecule has 0 amide bonds. The highest BCUT2D eigenvalue weighted by atomic mass is 19.4. The number of halogens is 10. The van der Waals surface area contributed by atoms with Crippen LogP contribution in [0.1, 0.15) is 28.7 Å². The fourth-order valence-corrected chi connectivity index (χ4v) is 3.80. The molecule has 0 radical (unpaired) electrons. The standard InChI is InChI=1S/C20H12F10N2/c21-16-4-2-13(7-11(16)9-31)32-6-5-17(10-32,20(28,29)30)14-3-1-12(18(22,23)24)8-15(14)19(25,26)27/h1-4,7-8H,5-6,10H2. The van der Waals surface area contributed by atoms with Gasteiger partial charge in [0.05, 0.1) is 16.7 Å². The second-order valence-electron chi connectivity index (χ2n) is 7.28. The number of benzene rings is 2. The normalized spacial score (nSPS) is 19.8. The highest BCUT2D eigenvalue weighted by Gasteiger charge is 2.61. The van der Waals surface area contributed by atoms with E-state index in [2.05, 4.69) is 0 Å². The van der Waals surface area contributed by atoms with Crippen molar-refractivity contribution in [2.75, 3.05) is 18.0 Å². The molecule has 1 saturated heterocycles. The van der Waals surface area contributed by atoms with Crippen molar-refractivity contribution in [2.24, 2.45) is 0 Å². The van der Waals surface area contributed by atoms with Crippen molar-refractivity contribution in [1.29, 1.82) is 5.26 Å². The lowest BCUT2D eigenvalue weighted by Gasteiger charge is -2.35. The molecule has 1 aliphatic rings. The van der Waals surface area contributed by atoms with Crippen LogP contribution in [0.3, 0.4) is 0 Å². The first-order valence-electron chi connectivity index (χ1n) is 8.90. The summed E-state index contributed by atoms with van der Waals surface area (Å²) in [6.45, 7) is -1.48. The maximum absolute atomic E-state index is 14.2. The Morgan fingerprint density at radius 3 is 2.06 bits per heavy atom. The maximum atomic E-state index is 14.2. The molecule has 0 spiro atoms. The third-order valence-corrected chi connectivity index (χ3v) is 5.42. The molecule has 2 aromatic carbocycles. The van der Waals surface area contributed by atoms with Crippen molar-refractivity contribution in [3.8, 4) is 6.07 Å². The van der Waals surface area contributed by atoms with Gasteiger partial charge < -0.3 is 4.90 Å². The van der Waals surface area contributed by atoms with Crippen molar-refractivity contribution < 1.29 is 43.9 Å². The zero-order valence-corrected chi connectivity index (χ0v) is 15.8. The monoisotopic (exact) mass is 470 g/mol. The van der Waals surface area contributed by atoms with Crippen LogP contribution in [0.2, 0.25) is 0 Å². The maximum Gasteiger partial charge on any atom is 0.416 e. The lowest BCUT2D eigenvalue weighted by Crippen LogP contribution is -2.46. The van der Waals surface area contributed by atoms with Crippen LogP contribution in [0.5, 0.6) is 0 Å². The number of alkyl halides is 9. The Kier molecular flexibility index (Phi) is 5.60. The quantitative estimate of drug-likeness (QED) is 0.472. The van der Waals surface area contributed by atoms with Gasteiger partial charge >= 0.3 is 18.5 Å². The first kappa shape index (κ1) is 23.7. The SMILES string of the molecule is N#Cc1cc(N2CCC(c3ccc(C(F)(F)F)cc3C(F)(F)F)(C(F)(F)F)C2)ccc1F. The second kappa shape index (κ2) is 7.56. The Bertz CT molecular complexity index is 1060. The summed E-state index contributed by atoms with van der Waals surface area (Å²) < 4.78 is 136. The molecule has 0 N–H and O–H groups in total. The largest absolute Gasteiger partial charge is 0.416 e. The van der Waals surface area contributed by atoms with Crippen molar-refractivity contribution in [3.05, 3.63) is 64.5 Å². The van der Waals surface area contributed by atoms with Gasteiger partial charge in [-0.25, -0.2) is 4.39 Å². The molecule has 0 bridgehead atoms. The second-order valence-corrected chi connectivity index (χ2v) is 7.28. The topological polar surface area (TPSA) is 27.0 Å². The van der Waals surface area contributed by atoms with Gasteiger partial charge in [-0.05, 0) is 42.3 Å². The Hall–Kier alpha value is -2.97. The summed E-state index contributed by atoms with van der Waals surface area (Å²) in [6.07, 6.45) is -16.8. The van der Waals surface area contributed by atoms with Crippen LogP contribution in [0.15, 0.2) is 36.4 Å². The van der Waals surface area contributed by atoms with E-state index in [1.807, 2.05) is 0 Å². The lowest BCUT2D eigenvalue weighted by atomic mass is 9.76. The zero-order valence-electron chi connectivity index (χ0n) is 15.8. The number of hydrogen-bond acceptors (Lipinski definition) is 2. The molecule has 172 valence electrons. The van der Waals surface area contributed by atoms with E-state index in [4.69, 9.17) is 5.26 Å². The predicted molar refractivity (Wildman–Crippen MR) is 92.1 cm³/mol. The van der Waals surface area contributed by atoms with Gasteiger partial charge in [-0.3, -0.25) is 0 Å². The molecule has 0 aliphatic carbocycles. The molecule has 1 aliphatic heterocycles. The van der Waals surface area contributed by atoms with Crippen LogP contribution in [0, 0.1) is 17.1 Å². The number of nitriles is 1. The summed E-state index contributed by atoms with van der Waals surface area (Å²) in [6, 6.07) is 4.45. The molecule has 2 aromatic rings. The summed E-state index contributed by atoms with van der Waals surface area (Å²) in [5.74, 6) is -0.931. The van der Waals surface area contributed by atoms with Gasteiger partial charge in [-0.1, -0.05) is 6.07 Å². The van der Waals surface area contributed by atoms with Gasteiger partial charge in [-0.15, -0.1) is 0 Å². The summed E-state index contributed by atoms with van der Waals surface area (Å²) >= 11 is 0. The fourth-order valence-electron chi connectivity index (χ4n) is 3.80. The average molecular weight is 470 g/mol. The summed E-state index contributed by atoms with van der Waals surface area (Å²) in [4.78, 5) is 1.02. The van der Waals surface area contributed by atoms with Crippen molar-refractivity contribution in [3.63, 3.8) is 0 Å². The Morgan fingerprint density at radius 1 is 0.875 bits per heavy atom. The van der Waals surface area contributed by atoms with Crippen LogP contribution in [0.4, 0.5) is 49.6 Å². The van der Waals surface area contributed by atoms with E-state index >= 15 is 0 Å². The number of hydrogen-bond donors (Lipinski definition) is 0. The van der Waals surface area contributed by atoms with E-state index in [0.717, 1.165) is 23.1 Å². The van der Waals surface area contributed by atoms with Crippen LogP contribution in [0.25, 0.3) is 0 Å². The minimum atomic E-state index is -5.48. The van der Waals surface area contributed by atoms with Crippen LogP contribution < -0.4 is 4.90 Å². The summed E-state index contributed by atoms with van der Waals surface area (Å²) in [5, 5.41) is 8.91. The van der Waals surface area contributed by atoms with Gasteiger partial charge in [-0.2, -0.15) is 44.8 Å². The van der Waals surface area contributed by atoms with Crippen LogP contribution in [-0.4, -0.2) is 19.3 Å². The number of nitrogens with zero attached hydrogens (tertiary/aromatic N) is 2. The molecule has 3 rings (SSSR count). The van der Waals surface area contributed by atoms with Gasteiger partial charge in [0.25, 0.3) is 0 Å². The minimum absolute atomic E-state index is 0.0328. The molecule has 1 unspecified atom stereocenters. The average Bonchev–Trinajstić information content (AvgIpc) is 3.13. The fraction of sp³-hybridized carbons (Fsp3) is 0.350. The zero-order chi connectivity index (χ0) is 24.1. The first-order chi connectivity index (χ1) is 14.6. The van der Waals surface area contributed by atoms with Crippen molar-refractivity contribution in [2.45, 2.75) is 30.4 Å². The smallest absolute Gasteiger partial charge is 0.370 e. The molecular weight excluding hydrogens is 458 g/mol. The Balaban J connectivity index is 2.16. The van der Waals surface area contributed by atoms with Gasteiger partial charge in [0.15, 0.2) is 0 Å². The molecule has 2 nitrogen and oxygen atoms in total. The van der Waals surface area contributed by atoms with Crippen molar-refractivity contribution in [1.82, 2.24) is 0 Å². The summed E-state index contributed by atoms with van der Waals surface area (Å²) in [7, 11) is 0. The highest BCUT2D eigenvalue weighted by molar-refractivity contribution is 5.55. The third kappa shape index (κ3) is 4.08. The van der Waals surface area contributed by atoms with Gasteiger partial charge in [0.1, 0.15) is 17.3 Å². The molecule has 12 heteroatoms. The van der Waals surface area contributed by atoms with E-state index in [1.54, 1.807) is 0 Å². The minimum Gasteiger partial charge on any atom is -0.370 e.